The van der Waals surface area contributed by atoms with Crippen molar-refractivity contribution in [3.63, 3.8) is 0 Å². The fourth-order valence-electron chi connectivity index (χ4n) is 0.732. The Morgan fingerprint density at radius 1 is 1.29 bits per heavy atom. The van der Waals surface area contributed by atoms with Gasteiger partial charge in [-0.05, 0) is 13.8 Å². The zero-order chi connectivity index (χ0) is 10.3. The van der Waals surface area contributed by atoms with Crippen LogP contribution >= 0.6 is 0 Å². The van der Waals surface area contributed by atoms with E-state index in [9.17, 15) is 9.59 Å². The number of ether oxygens (including phenoxy) is 2. The van der Waals surface area contributed by atoms with Gasteiger partial charge in [-0.2, -0.15) is 0 Å². The summed E-state index contributed by atoms with van der Waals surface area (Å²) in [5.74, 6) is -1.06. The Kier molecular flexibility index (Phi) is 12.2. The molecule has 0 saturated carbocycles. The van der Waals surface area contributed by atoms with Gasteiger partial charge in [0.15, 0.2) is 0 Å². The molecule has 1 unspecified atom stereocenters. The molecule has 0 aromatic heterocycles. The Bertz CT molecular complexity index is 191. The summed E-state index contributed by atoms with van der Waals surface area (Å²) in [6.07, 6.45) is -0.132. The summed E-state index contributed by atoms with van der Waals surface area (Å²) in [5.41, 5.74) is 5.36. The number of carbonyl (C=O) groups excluding carboxylic acids is 2. The maximum absolute atomic E-state index is 10.9. The molecule has 0 bridgehead atoms. The van der Waals surface area contributed by atoms with Crippen molar-refractivity contribution in [1.29, 1.82) is 0 Å². The van der Waals surface area contributed by atoms with Gasteiger partial charge in [0.2, 0.25) is 0 Å². The molecule has 0 heterocycles. The molecule has 0 spiro atoms. The summed E-state index contributed by atoms with van der Waals surface area (Å²) in [6, 6.07) is -0.918. The fraction of sp³-hybridized carbons (Fsp3) is 0.750. The standard InChI is InChI=1S/C8H15NO4.K.H/c1-3-12-7(10)5-6(9)8(11)13-4-2;;/h6H,3-5,9H2,1-2H3;;/q;+1;-1. The molecule has 0 aromatic rings. The van der Waals surface area contributed by atoms with Crippen molar-refractivity contribution in [3.8, 4) is 0 Å². The topological polar surface area (TPSA) is 78.6 Å². The van der Waals surface area contributed by atoms with Crippen LogP contribution in [0.25, 0.3) is 0 Å². The molecule has 2 N–H and O–H groups in total. The molecule has 0 saturated heterocycles. The molecular weight excluding hydrogens is 213 g/mol. The van der Waals surface area contributed by atoms with Crippen LogP contribution in [0, 0.1) is 0 Å². The van der Waals surface area contributed by atoms with Crippen molar-refractivity contribution in [3.05, 3.63) is 0 Å². The monoisotopic (exact) mass is 229 g/mol. The molecule has 0 aliphatic rings. The summed E-state index contributed by atoms with van der Waals surface area (Å²) in [5, 5.41) is 0. The van der Waals surface area contributed by atoms with E-state index >= 15 is 0 Å². The minimum absolute atomic E-state index is 0. The van der Waals surface area contributed by atoms with Gasteiger partial charge in [-0.25, -0.2) is 0 Å². The van der Waals surface area contributed by atoms with E-state index in [0.717, 1.165) is 0 Å². The maximum Gasteiger partial charge on any atom is 1.00 e. The number of hydrogen-bond donors (Lipinski definition) is 1. The maximum atomic E-state index is 10.9. The number of esters is 2. The first-order chi connectivity index (χ1) is 6.11. The zero-order valence-electron chi connectivity index (χ0n) is 9.91. The summed E-state index contributed by atoms with van der Waals surface area (Å²) < 4.78 is 9.23. The van der Waals surface area contributed by atoms with Gasteiger partial charge in [0.1, 0.15) is 6.04 Å². The second kappa shape index (κ2) is 10.1. The molecule has 1 atom stereocenters. The first-order valence-corrected chi connectivity index (χ1v) is 4.19. The first kappa shape index (κ1) is 16.9. The molecule has 0 amide bonds. The molecule has 0 aromatic carbocycles. The summed E-state index contributed by atoms with van der Waals surface area (Å²) >= 11 is 0. The SMILES string of the molecule is CCOC(=O)CC(N)C(=O)OCC.[H-].[K+]. The number of carbonyl (C=O) groups is 2. The van der Waals surface area contributed by atoms with E-state index in [2.05, 4.69) is 9.47 Å². The normalized spacial score (nSPS) is 11.1. The van der Waals surface area contributed by atoms with Crippen LogP contribution in [0.15, 0.2) is 0 Å². The van der Waals surface area contributed by atoms with E-state index in [-0.39, 0.29) is 72.4 Å². The zero-order valence-corrected chi connectivity index (χ0v) is 12.0. The molecule has 6 heteroatoms. The Labute approximate surface area is 128 Å². The van der Waals surface area contributed by atoms with E-state index in [1.54, 1.807) is 13.8 Å². The van der Waals surface area contributed by atoms with Gasteiger partial charge in [-0.3, -0.25) is 9.59 Å². The van der Waals surface area contributed by atoms with Crippen LogP contribution < -0.4 is 57.1 Å². The van der Waals surface area contributed by atoms with Crippen LogP contribution in [0.1, 0.15) is 21.7 Å². The van der Waals surface area contributed by atoms with Gasteiger partial charge < -0.3 is 16.6 Å². The van der Waals surface area contributed by atoms with E-state index in [0.29, 0.717) is 0 Å². The second-order valence-corrected chi connectivity index (χ2v) is 2.37. The van der Waals surface area contributed by atoms with E-state index in [1.807, 2.05) is 0 Å². The molecule has 78 valence electrons. The van der Waals surface area contributed by atoms with Crippen molar-refractivity contribution in [2.45, 2.75) is 26.3 Å². The van der Waals surface area contributed by atoms with Gasteiger partial charge >= 0.3 is 63.3 Å². The molecule has 14 heavy (non-hydrogen) atoms. The predicted molar refractivity (Wildman–Crippen MR) is 47.0 cm³/mol. The summed E-state index contributed by atoms with van der Waals surface area (Å²) in [4.78, 5) is 21.8. The molecule has 0 aliphatic carbocycles. The average Bonchev–Trinajstić information content (AvgIpc) is 2.05. The third kappa shape index (κ3) is 7.90. The van der Waals surface area contributed by atoms with Gasteiger partial charge in [-0.15, -0.1) is 0 Å². The van der Waals surface area contributed by atoms with Crippen molar-refractivity contribution >= 4 is 11.9 Å². The van der Waals surface area contributed by atoms with Gasteiger partial charge in [-0.1, -0.05) is 0 Å². The Balaban J connectivity index is -0.000000720. The molecule has 5 nitrogen and oxygen atoms in total. The van der Waals surface area contributed by atoms with Crippen LogP contribution in [0.2, 0.25) is 0 Å². The minimum Gasteiger partial charge on any atom is -1.00 e. The Morgan fingerprint density at radius 3 is 2.21 bits per heavy atom. The summed E-state index contributed by atoms with van der Waals surface area (Å²) in [7, 11) is 0. The Hall–Kier alpha value is 0.536. The quantitative estimate of drug-likeness (QED) is 0.400. The fourth-order valence-corrected chi connectivity index (χ4v) is 0.732. The van der Waals surface area contributed by atoms with Crippen LogP contribution in [-0.4, -0.2) is 31.2 Å². The van der Waals surface area contributed by atoms with Gasteiger partial charge in [0.25, 0.3) is 0 Å². The molecule has 0 aliphatic heterocycles. The van der Waals surface area contributed by atoms with E-state index in [4.69, 9.17) is 5.73 Å². The molecule has 0 fully saturated rings. The van der Waals surface area contributed by atoms with Gasteiger partial charge in [0, 0.05) is 0 Å². The van der Waals surface area contributed by atoms with Crippen molar-refractivity contribution < 1.29 is 71.9 Å². The van der Waals surface area contributed by atoms with Crippen molar-refractivity contribution in [2.75, 3.05) is 13.2 Å². The first-order valence-electron chi connectivity index (χ1n) is 4.19. The van der Waals surface area contributed by atoms with Crippen LogP contribution in [0.4, 0.5) is 0 Å². The number of rotatable bonds is 5. The van der Waals surface area contributed by atoms with Crippen molar-refractivity contribution in [1.82, 2.24) is 0 Å². The third-order valence-electron chi connectivity index (χ3n) is 1.28. The van der Waals surface area contributed by atoms with E-state index < -0.39 is 18.0 Å². The Morgan fingerprint density at radius 2 is 1.79 bits per heavy atom. The van der Waals surface area contributed by atoms with Crippen LogP contribution in [-0.2, 0) is 19.1 Å². The average molecular weight is 229 g/mol. The smallest absolute Gasteiger partial charge is 1.00 e. The van der Waals surface area contributed by atoms with Crippen LogP contribution in [0.3, 0.4) is 0 Å². The molecule has 0 rings (SSSR count). The third-order valence-corrected chi connectivity index (χ3v) is 1.28. The minimum atomic E-state index is -0.918. The predicted octanol–water partition coefficient (Wildman–Crippen LogP) is -3.05. The molecule has 0 radical (unpaired) electrons. The summed E-state index contributed by atoms with van der Waals surface area (Å²) in [6.45, 7) is 3.91. The number of nitrogens with two attached hydrogens (primary N) is 1. The largest absolute Gasteiger partial charge is 1.00 e. The van der Waals surface area contributed by atoms with Gasteiger partial charge in [0.05, 0.1) is 19.6 Å². The van der Waals surface area contributed by atoms with Crippen molar-refractivity contribution in [2.24, 2.45) is 5.73 Å². The molecular formula is C8H16KNO4. The van der Waals surface area contributed by atoms with Crippen LogP contribution in [0.5, 0.6) is 0 Å². The van der Waals surface area contributed by atoms with E-state index in [1.165, 1.54) is 0 Å². The second-order valence-electron chi connectivity index (χ2n) is 2.37. The number of hydrogen-bond acceptors (Lipinski definition) is 5.